The number of aldehydes is 1. The van der Waals surface area contributed by atoms with E-state index < -0.39 is 11.8 Å². The van der Waals surface area contributed by atoms with E-state index in [1.807, 2.05) is 0 Å². The first-order chi connectivity index (χ1) is 9.00. The zero-order valence-corrected chi connectivity index (χ0v) is 11.3. The Morgan fingerprint density at radius 3 is 2.79 bits per heavy atom. The van der Waals surface area contributed by atoms with E-state index in [1.54, 1.807) is 6.92 Å². The molecule has 106 valence electrons. The average molecular weight is 268 g/mol. The van der Waals surface area contributed by atoms with Gasteiger partial charge in [-0.15, -0.1) is 0 Å². The summed E-state index contributed by atoms with van der Waals surface area (Å²) in [6.45, 7) is 5.42. The van der Waals surface area contributed by atoms with Crippen LogP contribution in [0.15, 0.2) is 24.4 Å². The highest BCUT2D eigenvalue weighted by atomic mass is 16.5. The van der Waals surface area contributed by atoms with Crippen molar-refractivity contribution < 1.29 is 19.4 Å². The van der Waals surface area contributed by atoms with Crippen LogP contribution >= 0.6 is 0 Å². The molecule has 6 heteroatoms. The van der Waals surface area contributed by atoms with Crippen molar-refractivity contribution in [3.05, 3.63) is 24.4 Å². The third kappa shape index (κ3) is 3.21. The maximum absolute atomic E-state index is 11.8. The molecular formula is C13H20N2O4. The smallest absolute Gasteiger partial charge is 0.323 e. The van der Waals surface area contributed by atoms with E-state index in [1.165, 1.54) is 24.2 Å². The SMILES string of the molecule is C=C(C)[C@@]1(CO)CC[C@H](N(/C=C\C=O)C(=O)NC)O1. The van der Waals surface area contributed by atoms with Gasteiger partial charge in [0.2, 0.25) is 0 Å². The third-order valence-electron chi connectivity index (χ3n) is 3.27. The zero-order valence-electron chi connectivity index (χ0n) is 11.3. The second-order valence-corrected chi connectivity index (χ2v) is 4.48. The molecule has 1 aliphatic rings. The largest absolute Gasteiger partial charge is 0.393 e. The van der Waals surface area contributed by atoms with Gasteiger partial charge < -0.3 is 15.2 Å². The van der Waals surface area contributed by atoms with Gasteiger partial charge in [0, 0.05) is 13.2 Å². The Kier molecular flexibility index (Phi) is 5.26. The number of allylic oxidation sites excluding steroid dienone is 1. The number of hydrogen-bond acceptors (Lipinski definition) is 4. The Morgan fingerprint density at radius 2 is 2.37 bits per heavy atom. The molecule has 1 fully saturated rings. The van der Waals surface area contributed by atoms with Gasteiger partial charge in [-0.25, -0.2) is 4.79 Å². The Bertz CT molecular complexity index is 394. The number of aliphatic hydroxyl groups excluding tert-OH is 1. The van der Waals surface area contributed by atoms with Gasteiger partial charge in [0.1, 0.15) is 18.1 Å². The quantitative estimate of drug-likeness (QED) is 0.439. The molecule has 0 aromatic heterocycles. The molecule has 19 heavy (non-hydrogen) atoms. The second-order valence-electron chi connectivity index (χ2n) is 4.48. The lowest BCUT2D eigenvalue weighted by Gasteiger charge is -2.31. The number of aliphatic hydroxyl groups is 1. The van der Waals surface area contributed by atoms with E-state index in [-0.39, 0.29) is 12.6 Å². The molecule has 0 spiro atoms. The molecule has 1 rings (SSSR count). The Morgan fingerprint density at radius 1 is 1.68 bits per heavy atom. The van der Waals surface area contributed by atoms with E-state index >= 15 is 0 Å². The standard InChI is InChI=1S/C13H20N2O4/c1-10(2)13(9-17)6-5-11(19-13)15(7-4-8-16)12(18)14-3/h4,7-8,11,17H,1,5-6,9H2,2-3H3,(H,14,18)/b7-4-/t11-,13+/m1/s1. The molecule has 1 aliphatic heterocycles. The molecule has 2 N–H and O–H groups in total. The molecule has 1 saturated heterocycles. The second kappa shape index (κ2) is 6.49. The van der Waals surface area contributed by atoms with Gasteiger partial charge in [-0.05, 0) is 31.4 Å². The van der Waals surface area contributed by atoms with Crippen molar-refractivity contribution >= 4 is 12.3 Å². The van der Waals surface area contributed by atoms with Gasteiger partial charge in [-0.2, -0.15) is 0 Å². The summed E-state index contributed by atoms with van der Waals surface area (Å²) in [5, 5.41) is 12.0. The van der Waals surface area contributed by atoms with Crippen molar-refractivity contribution in [2.45, 2.75) is 31.6 Å². The monoisotopic (exact) mass is 268 g/mol. The van der Waals surface area contributed by atoms with Crippen molar-refractivity contribution in [1.82, 2.24) is 10.2 Å². The number of hydrogen-bond donors (Lipinski definition) is 2. The lowest BCUT2D eigenvalue weighted by molar-refractivity contribution is -0.104. The van der Waals surface area contributed by atoms with Crippen LogP contribution in [0, 0.1) is 0 Å². The molecule has 2 amide bonds. The van der Waals surface area contributed by atoms with E-state index in [4.69, 9.17) is 4.74 Å². The van der Waals surface area contributed by atoms with Crippen LogP contribution in [0.5, 0.6) is 0 Å². The minimum absolute atomic E-state index is 0.183. The summed E-state index contributed by atoms with van der Waals surface area (Å²) in [5.41, 5.74) is -0.0971. The number of rotatable bonds is 5. The van der Waals surface area contributed by atoms with Gasteiger partial charge in [-0.1, -0.05) is 6.58 Å². The van der Waals surface area contributed by atoms with Crippen molar-refractivity contribution in [2.75, 3.05) is 13.7 Å². The minimum Gasteiger partial charge on any atom is -0.393 e. The maximum Gasteiger partial charge on any atom is 0.323 e. The lowest BCUT2D eigenvalue weighted by Crippen LogP contribution is -2.44. The van der Waals surface area contributed by atoms with Crippen LogP contribution in [-0.4, -0.2) is 47.8 Å². The van der Waals surface area contributed by atoms with Crippen LogP contribution in [0.3, 0.4) is 0 Å². The highest BCUT2D eigenvalue weighted by Crippen LogP contribution is 2.36. The molecule has 0 aromatic carbocycles. The number of carbonyl (C=O) groups is 2. The fourth-order valence-corrected chi connectivity index (χ4v) is 2.05. The number of nitrogens with zero attached hydrogens (tertiary/aromatic N) is 1. The predicted molar refractivity (Wildman–Crippen MR) is 70.2 cm³/mol. The lowest BCUT2D eigenvalue weighted by atomic mass is 9.94. The highest BCUT2D eigenvalue weighted by molar-refractivity contribution is 5.76. The van der Waals surface area contributed by atoms with Crippen LogP contribution in [0.1, 0.15) is 19.8 Å². The summed E-state index contributed by atoms with van der Waals surface area (Å²) in [5.74, 6) is 0. The van der Waals surface area contributed by atoms with Crippen LogP contribution in [0.25, 0.3) is 0 Å². The fourth-order valence-electron chi connectivity index (χ4n) is 2.05. The summed E-state index contributed by atoms with van der Waals surface area (Å²) in [7, 11) is 1.50. The summed E-state index contributed by atoms with van der Waals surface area (Å²) in [4.78, 5) is 23.4. The Balaban J connectivity index is 2.89. The van der Waals surface area contributed by atoms with Crippen LogP contribution < -0.4 is 5.32 Å². The highest BCUT2D eigenvalue weighted by Gasteiger charge is 2.43. The van der Waals surface area contributed by atoms with E-state index in [9.17, 15) is 14.7 Å². The zero-order chi connectivity index (χ0) is 14.5. The number of ether oxygens (including phenoxy) is 1. The summed E-state index contributed by atoms with van der Waals surface area (Å²) in [6, 6.07) is -0.376. The van der Waals surface area contributed by atoms with Gasteiger partial charge in [-0.3, -0.25) is 9.69 Å². The molecule has 0 bridgehead atoms. The molecule has 0 aromatic rings. The van der Waals surface area contributed by atoms with E-state index in [0.717, 1.165) is 0 Å². The van der Waals surface area contributed by atoms with Crippen molar-refractivity contribution in [1.29, 1.82) is 0 Å². The maximum atomic E-state index is 11.8. The number of carbonyl (C=O) groups excluding carboxylic acids is 2. The van der Waals surface area contributed by atoms with Gasteiger partial charge in [0.05, 0.1) is 6.61 Å². The Labute approximate surface area is 112 Å². The van der Waals surface area contributed by atoms with Crippen LogP contribution in [0.4, 0.5) is 4.79 Å². The number of amides is 2. The van der Waals surface area contributed by atoms with E-state index in [0.29, 0.717) is 24.7 Å². The third-order valence-corrected chi connectivity index (χ3v) is 3.27. The predicted octanol–water partition coefficient (Wildman–Crippen LogP) is 0.784. The van der Waals surface area contributed by atoms with Crippen LogP contribution in [0.2, 0.25) is 0 Å². The average Bonchev–Trinajstić information content (AvgIpc) is 2.84. The van der Waals surface area contributed by atoms with Crippen molar-refractivity contribution in [3.63, 3.8) is 0 Å². The first kappa shape index (κ1) is 15.4. The molecule has 0 saturated carbocycles. The van der Waals surface area contributed by atoms with Gasteiger partial charge in [0.25, 0.3) is 0 Å². The number of urea groups is 1. The Hall–Kier alpha value is -1.66. The normalized spacial score (nSPS) is 26.4. The molecular weight excluding hydrogens is 248 g/mol. The molecule has 1 heterocycles. The van der Waals surface area contributed by atoms with Crippen molar-refractivity contribution in [2.24, 2.45) is 0 Å². The number of nitrogens with one attached hydrogen (secondary N) is 1. The van der Waals surface area contributed by atoms with Crippen molar-refractivity contribution in [3.8, 4) is 0 Å². The molecule has 6 nitrogen and oxygen atoms in total. The molecule has 0 radical (unpaired) electrons. The molecule has 2 atom stereocenters. The first-order valence-corrected chi connectivity index (χ1v) is 6.07. The van der Waals surface area contributed by atoms with Gasteiger partial charge in [0.15, 0.2) is 0 Å². The first-order valence-electron chi connectivity index (χ1n) is 6.07. The van der Waals surface area contributed by atoms with Crippen LogP contribution in [-0.2, 0) is 9.53 Å². The minimum atomic E-state index is -0.814. The summed E-state index contributed by atoms with van der Waals surface area (Å²) in [6.07, 6.45) is 3.78. The molecule has 0 aliphatic carbocycles. The topological polar surface area (TPSA) is 78.9 Å². The molecule has 0 unspecified atom stereocenters. The summed E-state index contributed by atoms with van der Waals surface area (Å²) < 4.78 is 5.79. The summed E-state index contributed by atoms with van der Waals surface area (Å²) >= 11 is 0. The van der Waals surface area contributed by atoms with Gasteiger partial charge >= 0.3 is 6.03 Å². The fraction of sp³-hybridized carbons (Fsp3) is 0.538. The van der Waals surface area contributed by atoms with E-state index in [2.05, 4.69) is 11.9 Å².